The molecule has 0 aliphatic rings. The molecule has 0 radical (unpaired) electrons. The quantitative estimate of drug-likeness (QED) is 0.210. The molecule has 0 aliphatic heterocycles. The molecule has 84 valence electrons. The lowest BCUT2D eigenvalue weighted by atomic mass is 10.5. The van der Waals surface area contributed by atoms with Crippen molar-refractivity contribution in [3.8, 4) is 0 Å². The second-order valence-electron chi connectivity index (χ2n) is 2.44. The first-order valence-electron chi connectivity index (χ1n) is 3.38. The van der Waals surface area contributed by atoms with Crippen LogP contribution >= 0.6 is 0 Å². The van der Waals surface area contributed by atoms with Crippen molar-refractivity contribution in [2.75, 3.05) is 0 Å². The summed E-state index contributed by atoms with van der Waals surface area (Å²) in [5.41, 5.74) is 0. The molecule has 0 aromatic rings. The van der Waals surface area contributed by atoms with Gasteiger partial charge in [0, 0.05) is 0 Å². The maximum absolute atomic E-state index is 10.2. The van der Waals surface area contributed by atoms with Crippen LogP contribution in [0.2, 0.25) is 0 Å². The van der Waals surface area contributed by atoms with Crippen LogP contribution in [0.5, 0.6) is 0 Å². The Morgan fingerprint density at radius 3 is 1.87 bits per heavy atom. The van der Waals surface area contributed by atoms with E-state index >= 15 is 0 Å². The van der Waals surface area contributed by atoms with Crippen LogP contribution in [0.3, 0.4) is 0 Å². The average Bonchev–Trinajstić information content (AvgIpc) is 2.12. The normalized spacial score (nSPS) is 12.0. The molecule has 11 heteroatoms. The molecule has 15 heavy (non-hydrogen) atoms. The number of hydrogen-bond donors (Lipinski definition) is 0. The molecule has 0 N–H and O–H groups in total. The Morgan fingerprint density at radius 2 is 1.60 bits per heavy atom. The standard InChI is InChI=1S/C4H6N4O7/c1-3(6(9)10)5-15-4(2,7(11)12)8(13)14/h1-2H3/b5-3+. The zero-order valence-electron chi connectivity index (χ0n) is 7.65. The smallest absolute Gasteiger partial charge is 0.358 e. The van der Waals surface area contributed by atoms with Crippen LogP contribution in [0.4, 0.5) is 0 Å². The molecular formula is C4H6N4O7. The highest BCUT2D eigenvalue weighted by Crippen LogP contribution is 2.12. The number of nitrogens with zero attached hydrogens (tertiary/aromatic N) is 4. The van der Waals surface area contributed by atoms with E-state index in [-0.39, 0.29) is 0 Å². The summed E-state index contributed by atoms with van der Waals surface area (Å²) < 4.78 is 0. The van der Waals surface area contributed by atoms with Gasteiger partial charge in [-0.3, -0.25) is 20.2 Å². The van der Waals surface area contributed by atoms with Gasteiger partial charge in [0.25, 0.3) is 0 Å². The minimum atomic E-state index is -3.03. The molecule has 0 heterocycles. The van der Waals surface area contributed by atoms with Crippen molar-refractivity contribution in [2.45, 2.75) is 19.7 Å². The minimum Gasteiger partial charge on any atom is -0.358 e. The fourth-order valence-corrected chi connectivity index (χ4v) is 0.319. The van der Waals surface area contributed by atoms with E-state index in [0.29, 0.717) is 6.92 Å². The minimum absolute atomic E-state index is 0.518. The van der Waals surface area contributed by atoms with E-state index < -0.39 is 26.5 Å². The van der Waals surface area contributed by atoms with E-state index in [1.54, 1.807) is 0 Å². The third-order valence-electron chi connectivity index (χ3n) is 1.29. The Bertz CT molecular complexity index is 322. The summed E-state index contributed by atoms with van der Waals surface area (Å²) in [4.78, 5) is 30.7. The largest absolute Gasteiger partial charge is 0.652 e. The Labute approximate surface area is 81.8 Å². The topological polar surface area (TPSA) is 151 Å². The molecule has 0 bridgehead atoms. The van der Waals surface area contributed by atoms with Gasteiger partial charge in [0.2, 0.25) is 0 Å². The first-order chi connectivity index (χ1) is 6.71. The van der Waals surface area contributed by atoms with Crippen LogP contribution in [-0.2, 0) is 4.84 Å². The van der Waals surface area contributed by atoms with E-state index in [1.807, 2.05) is 0 Å². The number of nitro groups is 3. The molecule has 11 nitrogen and oxygen atoms in total. The third-order valence-corrected chi connectivity index (χ3v) is 1.29. The predicted molar refractivity (Wildman–Crippen MR) is 43.6 cm³/mol. The lowest BCUT2D eigenvalue weighted by Crippen LogP contribution is -2.44. The summed E-state index contributed by atoms with van der Waals surface area (Å²) in [7, 11) is 0. The van der Waals surface area contributed by atoms with Crippen LogP contribution in [0.15, 0.2) is 5.16 Å². The summed E-state index contributed by atoms with van der Waals surface area (Å²) in [6.07, 6.45) is 0. The zero-order valence-corrected chi connectivity index (χ0v) is 7.65. The highest BCUT2D eigenvalue weighted by Gasteiger charge is 2.57. The van der Waals surface area contributed by atoms with Gasteiger partial charge in [-0.15, -0.1) is 4.84 Å². The molecule has 0 aromatic carbocycles. The zero-order chi connectivity index (χ0) is 12.2. The highest BCUT2D eigenvalue weighted by molar-refractivity contribution is 5.70. The lowest BCUT2D eigenvalue weighted by Gasteiger charge is -2.04. The van der Waals surface area contributed by atoms with E-state index in [2.05, 4.69) is 9.99 Å². The van der Waals surface area contributed by atoms with E-state index in [0.717, 1.165) is 6.92 Å². The van der Waals surface area contributed by atoms with Gasteiger partial charge in [-0.05, 0) is 4.92 Å². The van der Waals surface area contributed by atoms with Gasteiger partial charge in [-0.1, -0.05) is 0 Å². The number of oxime groups is 1. The van der Waals surface area contributed by atoms with Gasteiger partial charge in [-0.2, -0.15) is 0 Å². The van der Waals surface area contributed by atoms with Crippen molar-refractivity contribution in [3.63, 3.8) is 0 Å². The summed E-state index contributed by atoms with van der Waals surface area (Å²) in [5.74, 6) is -3.86. The fourth-order valence-electron chi connectivity index (χ4n) is 0.319. The SMILES string of the molecule is C/C(=N\OC(C)([N+](=O)[O-])[N+](=O)[O-])[N+](=O)[O-]. The first-order valence-corrected chi connectivity index (χ1v) is 3.38. The summed E-state index contributed by atoms with van der Waals surface area (Å²) >= 11 is 0. The molecular weight excluding hydrogens is 216 g/mol. The van der Waals surface area contributed by atoms with Gasteiger partial charge in [0.1, 0.15) is 16.8 Å². The molecule has 0 aromatic heterocycles. The predicted octanol–water partition coefficient (Wildman–Crippen LogP) is -0.160. The van der Waals surface area contributed by atoms with Crippen molar-refractivity contribution in [1.82, 2.24) is 0 Å². The van der Waals surface area contributed by atoms with Gasteiger partial charge in [0.15, 0.2) is 5.16 Å². The van der Waals surface area contributed by atoms with Crippen LogP contribution in [0.1, 0.15) is 13.8 Å². The number of hydrogen-bond acceptors (Lipinski definition) is 8. The lowest BCUT2D eigenvalue weighted by molar-refractivity contribution is -0.846. The monoisotopic (exact) mass is 222 g/mol. The molecule has 0 unspecified atom stereocenters. The van der Waals surface area contributed by atoms with E-state index in [9.17, 15) is 30.3 Å². The number of amidine groups is 1. The van der Waals surface area contributed by atoms with Crippen LogP contribution < -0.4 is 0 Å². The summed E-state index contributed by atoms with van der Waals surface area (Å²) in [6.45, 7) is 1.39. The van der Waals surface area contributed by atoms with Crippen molar-refractivity contribution >= 4 is 5.84 Å². The fraction of sp³-hybridized carbons (Fsp3) is 0.750. The first kappa shape index (κ1) is 12.7. The molecule has 0 rings (SSSR count). The molecule has 0 spiro atoms. The van der Waals surface area contributed by atoms with Crippen LogP contribution in [-0.4, -0.2) is 26.5 Å². The maximum Gasteiger partial charge on any atom is 0.652 e. The summed E-state index contributed by atoms with van der Waals surface area (Å²) in [5, 5.41) is 33.2. The van der Waals surface area contributed by atoms with E-state index in [1.165, 1.54) is 0 Å². The Hall–Kier alpha value is -2.33. The third kappa shape index (κ3) is 2.82. The molecule has 0 amide bonds. The van der Waals surface area contributed by atoms with Gasteiger partial charge in [0.05, 0.1) is 6.92 Å². The maximum atomic E-state index is 10.2. The van der Waals surface area contributed by atoms with Crippen LogP contribution in [0.25, 0.3) is 0 Å². The summed E-state index contributed by atoms with van der Waals surface area (Å²) in [6, 6.07) is 0. The molecule has 0 saturated heterocycles. The second-order valence-corrected chi connectivity index (χ2v) is 2.44. The van der Waals surface area contributed by atoms with Crippen molar-refractivity contribution in [1.29, 1.82) is 0 Å². The van der Waals surface area contributed by atoms with Crippen molar-refractivity contribution < 1.29 is 19.6 Å². The van der Waals surface area contributed by atoms with Gasteiger partial charge < -0.3 is 10.1 Å². The molecule has 0 fully saturated rings. The average molecular weight is 222 g/mol. The Balaban J connectivity index is 4.89. The highest BCUT2D eigenvalue weighted by atomic mass is 16.8. The van der Waals surface area contributed by atoms with Crippen molar-refractivity contribution in [3.05, 3.63) is 30.3 Å². The molecule has 0 aliphatic carbocycles. The molecule has 0 saturated carbocycles. The van der Waals surface area contributed by atoms with Crippen molar-refractivity contribution in [2.24, 2.45) is 5.16 Å². The molecule has 0 atom stereocenters. The Kier molecular flexibility index (Phi) is 3.59. The van der Waals surface area contributed by atoms with E-state index in [4.69, 9.17) is 0 Å². The Morgan fingerprint density at radius 1 is 1.20 bits per heavy atom. The number of rotatable bonds is 4. The van der Waals surface area contributed by atoms with Gasteiger partial charge >= 0.3 is 11.7 Å². The van der Waals surface area contributed by atoms with Gasteiger partial charge in [-0.25, -0.2) is 0 Å². The second kappa shape index (κ2) is 4.26. The van der Waals surface area contributed by atoms with Crippen LogP contribution in [0, 0.1) is 30.3 Å².